The van der Waals surface area contributed by atoms with E-state index < -0.39 is 0 Å². The molecule has 5 rings (SSSR count). The molecule has 0 bridgehead atoms. The maximum Gasteiger partial charge on any atom is 0.310 e. The molecule has 2 saturated carbocycles. The molecule has 0 spiro atoms. The van der Waals surface area contributed by atoms with Gasteiger partial charge in [-0.15, -0.1) is 0 Å². The predicted octanol–water partition coefficient (Wildman–Crippen LogP) is 3.35. The fourth-order valence-electron chi connectivity index (χ4n) is 6.43. The van der Waals surface area contributed by atoms with Crippen molar-refractivity contribution in [1.29, 1.82) is 0 Å². The molecule has 30 heavy (non-hydrogen) atoms. The first-order valence-corrected chi connectivity index (χ1v) is 11.4. The molecular formula is C24H32N2O4. The van der Waals surface area contributed by atoms with Crippen molar-refractivity contribution in [1.82, 2.24) is 9.80 Å². The van der Waals surface area contributed by atoms with Gasteiger partial charge in [0.15, 0.2) is 5.76 Å². The molecule has 1 amide bonds. The summed E-state index contributed by atoms with van der Waals surface area (Å²) in [5.41, 5.74) is 1.62. The highest BCUT2D eigenvalue weighted by Gasteiger charge is 2.55. The number of carbonyl (C=O) groups is 2. The minimum absolute atomic E-state index is 0.0213. The molecule has 5 atom stereocenters. The van der Waals surface area contributed by atoms with Gasteiger partial charge in [0.2, 0.25) is 0 Å². The van der Waals surface area contributed by atoms with Crippen LogP contribution in [0.4, 0.5) is 0 Å². The molecule has 3 heterocycles. The number of hydrogen-bond donors (Lipinski definition) is 0. The van der Waals surface area contributed by atoms with Crippen molar-refractivity contribution in [3.8, 4) is 0 Å². The van der Waals surface area contributed by atoms with Crippen LogP contribution >= 0.6 is 0 Å². The van der Waals surface area contributed by atoms with Gasteiger partial charge in [-0.2, -0.15) is 0 Å². The Morgan fingerprint density at radius 3 is 2.83 bits per heavy atom. The monoisotopic (exact) mass is 412 g/mol. The second kappa shape index (κ2) is 7.56. The van der Waals surface area contributed by atoms with E-state index >= 15 is 0 Å². The van der Waals surface area contributed by atoms with Crippen molar-refractivity contribution in [2.75, 3.05) is 32.7 Å². The molecule has 2 aliphatic carbocycles. The molecule has 0 unspecified atom stereocenters. The van der Waals surface area contributed by atoms with E-state index in [1.807, 2.05) is 4.90 Å². The second-order valence-electron chi connectivity index (χ2n) is 9.97. The Morgan fingerprint density at radius 1 is 1.30 bits per heavy atom. The van der Waals surface area contributed by atoms with Crippen LogP contribution in [0.1, 0.15) is 49.6 Å². The lowest BCUT2D eigenvalue weighted by molar-refractivity contribution is -0.146. The van der Waals surface area contributed by atoms with Crippen LogP contribution in [0, 0.1) is 23.2 Å². The lowest BCUT2D eigenvalue weighted by Gasteiger charge is -2.50. The first-order chi connectivity index (χ1) is 14.4. The number of furan rings is 1. The van der Waals surface area contributed by atoms with Crippen molar-refractivity contribution in [3.63, 3.8) is 0 Å². The van der Waals surface area contributed by atoms with Crippen LogP contribution in [0.2, 0.25) is 0 Å². The average Bonchev–Trinajstić information content (AvgIpc) is 3.35. The van der Waals surface area contributed by atoms with Gasteiger partial charge < -0.3 is 14.1 Å². The number of esters is 1. The van der Waals surface area contributed by atoms with Gasteiger partial charge in [0.1, 0.15) is 6.10 Å². The normalized spacial score (nSPS) is 36.9. The topological polar surface area (TPSA) is 63.0 Å². The Kier molecular flexibility index (Phi) is 5.00. The van der Waals surface area contributed by atoms with Crippen molar-refractivity contribution in [2.45, 2.75) is 45.1 Å². The number of nitrogens with zero attached hydrogens (tertiary/aromatic N) is 2. The molecule has 1 aromatic rings. The summed E-state index contributed by atoms with van der Waals surface area (Å²) in [5.74, 6) is 1.08. The Balaban J connectivity index is 1.21. The number of carbonyl (C=O) groups excluding carboxylic acids is 2. The molecule has 6 heteroatoms. The number of fused-ring (bicyclic) bond motifs is 2. The van der Waals surface area contributed by atoms with Gasteiger partial charge in [-0.05, 0) is 55.6 Å². The van der Waals surface area contributed by atoms with Crippen molar-refractivity contribution >= 4 is 11.9 Å². The van der Waals surface area contributed by atoms with Gasteiger partial charge in [-0.1, -0.05) is 19.1 Å². The van der Waals surface area contributed by atoms with Gasteiger partial charge in [0, 0.05) is 38.6 Å². The van der Waals surface area contributed by atoms with Gasteiger partial charge in [-0.25, -0.2) is 0 Å². The minimum Gasteiger partial charge on any atom is -0.462 e. The molecule has 1 aromatic heterocycles. The first-order valence-electron chi connectivity index (χ1n) is 11.4. The summed E-state index contributed by atoms with van der Waals surface area (Å²) in [6.45, 7) is 10.4. The molecule has 6 nitrogen and oxygen atoms in total. The van der Waals surface area contributed by atoms with Crippen LogP contribution in [0.15, 0.2) is 35.0 Å². The quantitative estimate of drug-likeness (QED) is 0.563. The van der Waals surface area contributed by atoms with E-state index in [1.165, 1.54) is 24.7 Å². The fourth-order valence-corrected chi connectivity index (χ4v) is 6.43. The van der Waals surface area contributed by atoms with Crippen LogP contribution in [-0.2, 0) is 9.53 Å². The van der Waals surface area contributed by atoms with Crippen LogP contribution < -0.4 is 0 Å². The van der Waals surface area contributed by atoms with E-state index in [4.69, 9.17) is 9.15 Å². The lowest BCUT2D eigenvalue weighted by Crippen LogP contribution is -2.51. The van der Waals surface area contributed by atoms with E-state index in [-0.39, 0.29) is 29.3 Å². The molecule has 162 valence electrons. The highest BCUT2D eigenvalue weighted by atomic mass is 16.6. The second-order valence-corrected chi connectivity index (χ2v) is 9.97. The van der Waals surface area contributed by atoms with Gasteiger partial charge >= 0.3 is 5.97 Å². The summed E-state index contributed by atoms with van der Waals surface area (Å²) >= 11 is 0. The summed E-state index contributed by atoms with van der Waals surface area (Å²) < 4.78 is 11.1. The Hall–Kier alpha value is -2.08. The minimum atomic E-state index is -0.0541. The predicted molar refractivity (Wildman–Crippen MR) is 112 cm³/mol. The standard InChI is InChI=1S/C24H32N2O4/c1-16-5-3-7-24(2)14-21-17(13-19(16)24)18(23(28)30-21)15-25-8-10-26(11-9-25)22(27)20-6-4-12-29-20/h4,6,12,17-19,21H,1,3,5,7-11,13-15H2,2H3/t17-,18+,19-,21+,24+/m0/s1. The number of allylic oxidation sites excluding steroid dienone is 1. The molecule has 2 aliphatic heterocycles. The molecule has 4 aliphatic rings. The molecule has 4 fully saturated rings. The first kappa shape index (κ1) is 19.9. The van der Waals surface area contributed by atoms with Crippen molar-refractivity contribution in [2.24, 2.45) is 23.2 Å². The number of amides is 1. The zero-order valence-electron chi connectivity index (χ0n) is 17.8. The molecular weight excluding hydrogens is 380 g/mol. The largest absolute Gasteiger partial charge is 0.462 e. The van der Waals surface area contributed by atoms with Crippen LogP contribution in [0.25, 0.3) is 0 Å². The smallest absolute Gasteiger partial charge is 0.310 e. The number of rotatable bonds is 3. The third-order valence-electron chi connectivity index (χ3n) is 8.17. The number of hydrogen-bond acceptors (Lipinski definition) is 5. The third-order valence-corrected chi connectivity index (χ3v) is 8.17. The maximum atomic E-state index is 12.8. The van der Waals surface area contributed by atoms with E-state index in [2.05, 4.69) is 18.4 Å². The summed E-state index contributed by atoms with van der Waals surface area (Å²) in [6, 6.07) is 3.45. The van der Waals surface area contributed by atoms with E-state index in [1.54, 1.807) is 12.1 Å². The molecule has 2 saturated heterocycles. The van der Waals surface area contributed by atoms with Crippen LogP contribution in [0.5, 0.6) is 0 Å². The summed E-state index contributed by atoms with van der Waals surface area (Å²) in [5, 5.41) is 0. The van der Waals surface area contributed by atoms with Crippen LogP contribution in [0.3, 0.4) is 0 Å². The Morgan fingerprint density at radius 2 is 2.10 bits per heavy atom. The van der Waals surface area contributed by atoms with Gasteiger partial charge in [-0.3, -0.25) is 14.5 Å². The summed E-state index contributed by atoms with van der Waals surface area (Å²) in [4.78, 5) is 29.4. The fraction of sp³-hybridized carbons (Fsp3) is 0.667. The lowest BCUT2D eigenvalue weighted by atomic mass is 9.55. The van der Waals surface area contributed by atoms with Crippen molar-refractivity contribution < 1.29 is 18.7 Å². The average molecular weight is 413 g/mol. The molecule has 0 aromatic carbocycles. The zero-order valence-corrected chi connectivity index (χ0v) is 17.8. The molecule has 0 radical (unpaired) electrons. The van der Waals surface area contributed by atoms with E-state index in [9.17, 15) is 9.59 Å². The number of piperazine rings is 1. The zero-order chi connectivity index (χ0) is 20.9. The van der Waals surface area contributed by atoms with Crippen LogP contribution in [-0.4, -0.2) is 60.5 Å². The Labute approximate surface area is 178 Å². The highest BCUT2D eigenvalue weighted by Crippen LogP contribution is 2.56. The van der Waals surface area contributed by atoms with Gasteiger partial charge in [0.05, 0.1) is 12.2 Å². The summed E-state index contributed by atoms with van der Waals surface area (Å²) in [6.07, 6.45) is 7.17. The van der Waals surface area contributed by atoms with E-state index in [0.29, 0.717) is 30.7 Å². The Bertz CT molecular complexity index is 826. The molecule has 0 N–H and O–H groups in total. The third kappa shape index (κ3) is 3.39. The van der Waals surface area contributed by atoms with Gasteiger partial charge in [0.25, 0.3) is 5.91 Å². The van der Waals surface area contributed by atoms with E-state index in [0.717, 1.165) is 38.9 Å². The highest BCUT2D eigenvalue weighted by molar-refractivity contribution is 5.91. The van der Waals surface area contributed by atoms with Crippen molar-refractivity contribution in [3.05, 3.63) is 36.3 Å². The SMILES string of the molecule is C=C1CCC[C@]2(C)C[C@H]3OC(=O)[C@H](CN4CCN(C(=O)c5ccco5)CC4)[C@@H]3C[C@@H]12. The summed E-state index contributed by atoms with van der Waals surface area (Å²) in [7, 11) is 0. The maximum absolute atomic E-state index is 12.8. The number of ether oxygens (including phenoxy) is 1.